The van der Waals surface area contributed by atoms with Crippen LogP contribution in [0.3, 0.4) is 0 Å². The van der Waals surface area contributed by atoms with Crippen molar-refractivity contribution >= 4 is 28.2 Å². The van der Waals surface area contributed by atoms with E-state index in [-0.39, 0.29) is 11.9 Å². The van der Waals surface area contributed by atoms with Crippen molar-refractivity contribution in [2.24, 2.45) is 0 Å². The molecular formula is C13H16N2OS. The molecule has 1 aromatic carbocycles. The molecule has 1 aromatic heterocycles. The van der Waals surface area contributed by atoms with Gasteiger partial charge in [-0.2, -0.15) is 0 Å². The number of aliphatic hydroxyl groups excluding tert-OH is 1. The van der Waals surface area contributed by atoms with Crippen molar-refractivity contribution in [2.75, 3.05) is 12.3 Å². The third-order valence-electron chi connectivity index (χ3n) is 2.62. The van der Waals surface area contributed by atoms with E-state index in [1.165, 1.54) is 0 Å². The van der Waals surface area contributed by atoms with Gasteiger partial charge in [0.15, 0.2) is 0 Å². The van der Waals surface area contributed by atoms with Crippen LogP contribution in [0.5, 0.6) is 0 Å². The average molecular weight is 248 g/mol. The molecule has 0 fully saturated rings. The fraction of sp³-hybridized carbons (Fsp3) is 0.308. The molecule has 90 valence electrons. The number of aryl methyl sites for hydroxylation is 1. The van der Waals surface area contributed by atoms with E-state index in [0.717, 1.165) is 27.0 Å². The largest absolute Gasteiger partial charge is 0.398 e. The van der Waals surface area contributed by atoms with Crippen LogP contribution >= 0.6 is 11.8 Å². The first kappa shape index (κ1) is 12.2. The normalized spacial score (nSPS) is 12.9. The highest BCUT2D eigenvalue weighted by atomic mass is 32.2. The zero-order valence-corrected chi connectivity index (χ0v) is 10.8. The molecule has 1 atom stereocenters. The lowest BCUT2D eigenvalue weighted by atomic mass is 10.1. The van der Waals surface area contributed by atoms with E-state index in [2.05, 4.69) is 4.98 Å². The number of nitrogens with two attached hydrogens (primary N) is 1. The topological polar surface area (TPSA) is 59.1 Å². The highest BCUT2D eigenvalue weighted by Gasteiger charge is 2.09. The van der Waals surface area contributed by atoms with Gasteiger partial charge in [0, 0.05) is 38.5 Å². The summed E-state index contributed by atoms with van der Waals surface area (Å²) < 4.78 is 0. The Morgan fingerprint density at radius 1 is 1.41 bits per heavy atom. The number of aliphatic hydroxyl groups is 1. The van der Waals surface area contributed by atoms with E-state index in [1.54, 1.807) is 11.8 Å². The van der Waals surface area contributed by atoms with Gasteiger partial charge in [-0.3, -0.25) is 4.98 Å². The molecule has 0 saturated carbocycles. The minimum atomic E-state index is 0.167. The Morgan fingerprint density at radius 2 is 2.18 bits per heavy atom. The molecule has 1 unspecified atom stereocenters. The second kappa shape index (κ2) is 4.94. The number of fused-ring (bicyclic) bond motifs is 1. The summed E-state index contributed by atoms with van der Waals surface area (Å²) in [4.78, 5) is 5.41. The SMILES string of the molecule is Cc1cc2c(SC(C)CO)ccc(N)c2cn1. The lowest BCUT2D eigenvalue weighted by Crippen LogP contribution is -2.02. The fourth-order valence-electron chi connectivity index (χ4n) is 1.70. The van der Waals surface area contributed by atoms with Crippen molar-refractivity contribution in [3.63, 3.8) is 0 Å². The van der Waals surface area contributed by atoms with Crippen LogP contribution in [0, 0.1) is 6.92 Å². The molecule has 17 heavy (non-hydrogen) atoms. The Balaban J connectivity index is 2.55. The summed E-state index contributed by atoms with van der Waals surface area (Å²) in [7, 11) is 0. The van der Waals surface area contributed by atoms with E-state index < -0.39 is 0 Å². The van der Waals surface area contributed by atoms with Crippen molar-refractivity contribution in [1.82, 2.24) is 4.98 Å². The van der Waals surface area contributed by atoms with Crippen molar-refractivity contribution in [3.05, 3.63) is 30.1 Å². The molecule has 0 aliphatic heterocycles. The second-order valence-electron chi connectivity index (χ2n) is 4.14. The predicted molar refractivity (Wildman–Crippen MR) is 73.3 cm³/mol. The third-order valence-corrected chi connectivity index (χ3v) is 3.78. The maximum atomic E-state index is 9.12. The molecule has 0 aliphatic rings. The second-order valence-corrected chi connectivity index (χ2v) is 5.62. The van der Waals surface area contributed by atoms with Crippen LogP contribution in [0.2, 0.25) is 0 Å². The molecule has 4 heteroatoms. The maximum absolute atomic E-state index is 9.12. The first-order valence-corrected chi connectivity index (χ1v) is 6.42. The maximum Gasteiger partial charge on any atom is 0.0550 e. The molecule has 0 saturated heterocycles. The fourth-order valence-corrected chi connectivity index (χ4v) is 2.65. The summed E-state index contributed by atoms with van der Waals surface area (Å²) in [5.41, 5.74) is 7.66. The van der Waals surface area contributed by atoms with Gasteiger partial charge in [-0.1, -0.05) is 6.92 Å². The summed E-state index contributed by atoms with van der Waals surface area (Å²) in [6.45, 7) is 4.13. The van der Waals surface area contributed by atoms with Crippen LogP contribution in [0.15, 0.2) is 29.3 Å². The lowest BCUT2D eigenvalue weighted by molar-refractivity contribution is 0.300. The number of aromatic nitrogens is 1. The van der Waals surface area contributed by atoms with Crippen molar-refractivity contribution in [2.45, 2.75) is 24.0 Å². The van der Waals surface area contributed by atoms with Crippen LogP contribution in [0.25, 0.3) is 10.8 Å². The van der Waals surface area contributed by atoms with Gasteiger partial charge in [0.25, 0.3) is 0 Å². The van der Waals surface area contributed by atoms with Gasteiger partial charge in [-0.25, -0.2) is 0 Å². The minimum Gasteiger partial charge on any atom is -0.398 e. The first-order valence-electron chi connectivity index (χ1n) is 5.54. The predicted octanol–water partition coefficient (Wildman–Crippen LogP) is 2.60. The zero-order chi connectivity index (χ0) is 12.4. The minimum absolute atomic E-state index is 0.167. The molecule has 3 nitrogen and oxygen atoms in total. The number of thioether (sulfide) groups is 1. The number of hydrogen-bond acceptors (Lipinski definition) is 4. The summed E-state index contributed by atoms with van der Waals surface area (Å²) in [5, 5.41) is 11.4. The van der Waals surface area contributed by atoms with Crippen molar-refractivity contribution in [3.8, 4) is 0 Å². The van der Waals surface area contributed by atoms with Crippen LogP contribution in [0.4, 0.5) is 5.69 Å². The molecule has 2 aromatic rings. The van der Waals surface area contributed by atoms with Crippen LogP contribution in [-0.4, -0.2) is 21.9 Å². The average Bonchev–Trinajstić information content (AvgIpc) is 2.32. The van der Waals surface area contributed by atoms with E-state index in [1.807, 2.05) is 38.2 Å². The summed E-state index contributed by atoms with van der Waals surface area (Å²) >= 11 is 1.66. The van der Waals surface area contributed by atoms with Crippen molar-refractivity contribution in [1.29, 1.82) is 0 Å². The molecular weight excluding hydrogens is 232 g/mol. The summed E-state index contributed by atoms with van der Waals surface area (Å²) in [6, 6.07) is 5.94. The number of anilines is 1. The number of rotatable bonds is 3. The zero-order valence-electron chi connectivity index (χ0n) is 9.97. The van der Waals surface area contributed by atoms with E-state index >= 15 is 0 Å². The van der Waals surface area contributed by atoms with Gasteiger partial charge >= 0.3 is 0 Å². The van der Waals surface area contributed by atoms with Crippen LogP contribution in [-0.2, 0) is 0 Å². The molecule has 0 radical (unpaired) electrons. The van der Waals surface area contributed by atoms with Gasteiger partial charge in [0.05, 0.1) is 6.61 Å². The molecule has 1 heterocycles. The van der Waals surface area contributed by atoms with Crippen LogP contribution < -0.4 is 5.73 Å². The molecule has 0 spiro atoms. The van der Waals surface area contributed by atoms with Crippen molar-refractivity contribution < 1.29 is 5.11 Å². The Hall–Kier alpha value is -1.26. The van der Waals surface area contributed by atoms with E-state index in [9.17, 15) is 0 Å². The van der Waals surface area contributed by atoms with Gasteiger partial charge in [0.1, 0.15) is 0 Å². The molecule has 0 amide bonds. The monoisotopic (exact) mass is 248 g/mol. The Labute approximate surface area is 105 Å². The van der Waals surface area contributed by atoms with Gasteiger partial charge in [-0.15, -0.1) is 11.8 Å². The molecule has 2 rings (SSSR count). The number of hydrogen-bond donors (Lipinski definition) is 2. The molecule has 0 aliphatic carbocycles. The Bertz CT molecular complexity index is 542. The van der Waals surface area contributed by atoms with Crippen LogP contribution in [0.1, 0.15) is 12.6 Å². The Kier molecular flexibility index (Phi) is 3.54. The number of pyridine rings is 1. The first-order chi connectivity index (χ1) is 8.11. The lowest BCUT2D eigenvalue weighted by Gasteiger charge is -2.12. The smallest absolute Gasteiger partial charge is 0.0550 e. The molecule has 0 bridgehead atoms. The van der Waals surface area contributed by atoms with Gasteiger partial charge in [0.2, 0.25) is 0 Å². The third kappa shape index (κ3) is 2.53. The number of nitrogens with zero attached hydrogens (tertiary/aromatic N) is 1. The van der Waals surface area contributed by atoms with E-state index in [0.29, 0.717) is 0 Å². The number of benzene rings is 1. The van der Waals surface area contributed by atoms with E-state index in [4.69, 9.17) is 10.8 Å². The Morgan fingerprint density at radius 3 is 2.88 bits per heavy atom. The summed E-state index contributed by atoms with van der Waals surface area (Å²) in [5.74, 6) is 0. The van der Waals surface area contributed by atoms with Gasteiger partial charge < -0.3 is 10.8 Å². The molecule has 3 N–H and O–H groups in total. The van der Waals surface area contributed by atoms with Gasteiger partial charge in [-0.05, 0) is 25.1 Å². The highest BCUT2D eigenvalue weighted by molar-refractivity contribution is 8.00. The number of nitrogen functional groups attached to an aromatic ring is 1. The standard InChI is InChI=1S/C13H16N2OS/c1-8-5-10-11(6-15-8)12(14)3-4-13(10)17-9(2)7-16/h3-6,9,16H,7,14H2,1-2H3. The quantitative estimate of drug-likeness (QED) is 0.647. The highest BCUT2D eigenvalue weighted by Crippen LogP contribution is 2.33. The summed E-state index contributed by atoms with van der Waals surface area (Å²) in [6.07, 6.45) is 1.81.